The highest BCUT2D eigenvalue weighted by atomic mass is 79.9. The van der Waals surface area contributed by atoms with Crippen molar-refractivity contribution in [3.63, 3.8) is 0 Å². The summed E-state index contributed by atoms with van der Waals surface area (Å²) in [5.41, 5.74) is -0.315. The molecule has 1 aromatic rings. The van der Waals surface area contributed by atoms with Crippen molar-refractivity contribution in [3.8, 4) is 0 Å². The fraction of sp³-hybridized carbons (Fsp3) is 0.455. The van der Waals surface area contributed by atoms with Gasteiger partial charge >= 0.3 is 0 Å². The van der Waals surface area contributed by atoms with Gasteiger partial charge in [0.05, 0.1) is 5.60 Å². The molecule has 0 aliphatic carbocycles. The third-order valence-electron chi connectivity index (χ3n) is 1.63. The van der Waals surface area contributed by atoms with Crippen LogP contribution in [0.25, 0.3) is 0 Å². The Morgan fingerprint density at radius 1 is 1.50 bits per heavy atom. The van der Waals surface area contributed by atoms with Gasteiger partial charge in [-0.05, 0) is 48.8 Å². The average Bonchev–Trinajstić information content (AvgIpc) is 2.18. The van der Waals surface area contributed by atoms with Crippen LogP contribution in [-0.2, 0) is 9.53 Å². The van der Waals surface area contributed by atoms with Crippen LogP contribution in [0, 0.1) is 0 Å². The van der Waals surface area contributed by atoms with Gasteiger partial charge in [-0.2, -0.15) is 0 Å². The molecule has 0 bridgehead atoms. The molecule has 4 nitrogen and oxygen atoms in total. The van der Waals surface area contributed by atoms with E-state index in [1.165, 1.54) is 0 Å². The van der Waals surface area contributed by atoms with Gasteiger partial charge in [0.2, 0.25) is 0 Å². The fourth-order valence-corrected chi connectivity index (χ4v) is 1.15. The lowest BCUT2D eigenvalue weighted by molar-refractivity contribution is -0.125. The molecule has 1 heterocycles. The Morgan fingerprint density at radius 2 is 2.19 bits per heavy atom. The maximum atomic E-state index is 11.5. The molecule has 0 fully saturated rings. The normalized spacial score (nSPS) is 11.2. The smallest absolute Gasteiger partial charge is 0.251 e. The lowest BCUT2D eigenvalue weighted by Gasteiger charge is -2.18. The summed E-state index contributed by atoms with van der Waals surface area (Å²) < 4.78 is 6.21. The van der Waals surface area contributed by atoms with Gasteiger partial charge in [0, 0.05) is 10.7 Å². The van der Waals surface area contributed by atoms with Crippen LogP contribution in [0.5, 0.6) is 0 Å². The van der Waals surface area contributed by atoms with E-state index in [2.05, 4.69) is 26.2 Å². The number of ether oxygens (including phenoxy) is 1. The van der Waals surface area contributed by atoms with Crippen LogP contribution >= 0.6 is 15.9 Å². The number of halogens is 1. The molecule has 88 valence electrons. The molecule has 0 aliphatic rings. The van der Waals surface area contributed by atoms with Crippen molar-refractivity contribution in [1.29, 1.82) is 0 Å². The Morgan fingerprint density at radius 3 is 2.69 bits per heavy atom. The number of carbonyl (C=O) groups is 1. The van der Waals surface area contributed by atoms with E-state index < -0.39 is 0 Å². The van der Waals surface area contributed by atoms with E-state index in [0.29, 0.717) is 5.82 Å². The summed E-state index contributed by atoms with van der Waals surface area (Å²) in [7, 11) is 0. The van der Waals surface area contributed by atoms with E-state index in [-0.39, 0.29) is 18.1 Å². The highest BCUT2D eigenvalue weighted by molar-refractivity contribution is 9.10. The third kappa shape index (κ3) is 5.23. The zero-order valence-electron chi connectivity index (χ0n) is 9.58. The SMILES string of the molecule is CC(C)(C)OCC(=O)Nc1ccc(Br)cn1. The number of hydrogen-bond donors (Lipinski definition) is 1. The predicted molar refractivity (Wildman–Crippen MR) is 66.3 cm³/mol. The van der Waals surface area contributed by atoms with Crippen molar-refractivity contribution in [2.75, 3.05) is 11.9 Å². The summed E-state index contributed by atoms with van der Waals surface area (Å²) in [6, 6.07) is 3.53. The van der Waals surface area contributed by atoms with Crippen molar-refractivity contribution in [1.82, 2.24) is 4.98 Å². The highest BCUT2D eigenvalue weighted by Crippen LogP contribution is 2.11. The number of pyridine rings is 1. The molecule has 5 heteroatoms. The molecule has 0 spiro atoms. The van der Waals surface area contributed by atoms with Gasteiger partial charge in [-0.3, -0.25) is 4.79 Å². The van der Waals surface area contributed by atoms with Crippen LogP contribution in [0.2, 0.25) is 0 Å². The number of nitrogens with zero attached hydrogens (tertiary/aromatic N) is 1. The molecule has 1 rings (SSSR count). The first kappa shape index (κ1) is 13.1. The fourth-order valence-electron chi connectivity index (χ4n) is 0.911. The molecule has 1 amide bonds. The molecule has 0 radical (unpaired) electrons. The van der Waals surface area contributed by atoms with Crippen molar-refractivity contribution in [3.05, 3.63) is 22.8 Å². The summed E-state index contributed by atoms with van der Waals surface area (Å²) in [5, 5.41) is 2.65. The molecule has 0 atom stereocenters. The predicted octanol–water partition coefficient (Wildman–Crippen LogP) is 2.60. The second-order valence-electron chi connectivity index (χ2n) is 4.31. The van der Waals surface area contributed by atoms with Gasteiger partial charge in [-0.25, -0.2) is 4.98 Å². The van der Waals surface area contributed by atoms with Crippen molar-refractivity contribution < 1.29 is 9.53 Å². The summed E-state index contributed by atoms with van der Waals surface area (Å²) in [6.45, 7) is 5.73. The minimum Gasteiger partial charge on any atom is -0.366 e. The standard InChI is InChI=1S/C11H15BrN2O2/c1-11(2,3)16-7-10(15)14-9-5-4-8(12)6-13-9/h4-6H,7H2,1-3H3,(H,13,14,15). The maximum absolute atomic E-state index is 11.5. The van der Waals surface area contributed by atoms with E-state index in [9.17, 15) is 4.79 Å². The number of rotatable bonds is 3. The van der Waals surface area contributed by atoms with Crippen LogP contribution in [-0.4, -0.2) is 23.1 Å². The second kappa shape index (κ2) is 5.41. The zero-order valence-corrected chi connectivity index (χ0v) is 11.2. The minimum atomic E-state index is -0.315. The molecule has 16 heavy (non-hydrogen) atoms. The van der Waals surface area contributed by atoms with E-state index in [4.69, 9.17) is 4.74 Å². The minimum absolute atomic E-state index is 0.0290. The Bertz CT molecular complexity index is 357. The number of amides is 1. The Kier molecular flexibility index (Phi) is 4.44. The summed E-state index contributed by atoms with van der Waals surface area (Å²) in [4.78, 5) is 15.5. The first-order valence-electron chi connectivity index (χ1n) is 4.92. The summed E-state index contributed by atoms with van der Waals surface area (Å²) in [5.74, 6) is 0.315. The third-order valence-corrected chi connectivity index (χ3v) is 2.10. The van der Waals surface area contributed by atoms with Gasteiger partial charge in [0.25, 0.3) is 5.91 Å². The van der Waals surface area contributed by atoms with Crippen LogP contribution in [0.1, 0.15) is 20.8 Å². The van der Waals surface area contributed by atoms with Gasteiger partial charge in [-0.1, -0.05) is 0 Å². The summed E-state index contributed by atoms with van der Waals surface area (Å²) in [6.07, 6.45) is 1.63. The topological polar surface area (TPSA) is 51.2 Å². The van der Waals surface area contributed by atoms with E-state index in [0.717, 1.165) is 4.47 Å². The number of anilines is 1. The van der Waals surface area contributed by atoms with Crippen molar-refractivity contribution >= 4 is 27.7 Å². The van der Waals surface area contributed by atoms with Crippen LogP contribution in [0.15, 0.2) is 22.8 Å². The van der Waals surface area contributed by atoms with E-state index >= 15 is 0 Å². The molecule has 0 aliphatic heterocycles. The van der Waals surface area contributed by atoms with Crippen LogP contribution < -0.4 is 5.32 Å². The van der Waals surface area contributed by atoms with Gasteiger partial charge in [-0.15, -0.1) is 0 Å². The van der Waals surface area contributed by atoms with Gasteiger partial charge < -0.3 is 10.1 Å². The molecule has 0 saturated heterocycles. The van der Waals surface area contributed by atoms with E-state index in [1.807, 2.05) is 26.8 Å². The Hall–Kier alpha value is -0.940. The molecule has 1 aromatic heterocycles. The number of hydrogen-bond acceptors (Lipinski definition) is 3. The highest BCUT2D eigenvalue weighted by Gasteiger charge is 2.13. The molecule has 0 saturated carbocycles. The van der Waals surface area contributed by atoms with Crippen LogP contribution in [0.4, 0.5) is 5.82 Å². The monoisotopic (exact) mass is 286 g/mol. The average molecular weight is 287 g/mol. The number of aromatic nitrogens is 1. The second-order valence-corrected chi connectivity index (χ2v) is 5.23. The van der Waals surface area contributed by atoms with E-state index in [1.54, 1.807) is 12.3 Å². The lowest BCUT2D eigenvalue weighted by atomic mass is 10.2. The molecule has 1 N–H and O–H groups in total. The van der Waals surface area contributed by atoms with Crippen molar-refractivity contribution in [2.24, 2.45) is 0 Å². The number of nitrogens with one attached hydrogen (secondary N) is 1. The molecule has 0 unspecified atom stereocenters. The quantitative estimate of drug-likeness (QED) is 0.929. The first-order chi connectivity index (χ1) is 7.37. The molecular formula is C11H15BrN2O2. The van der Waals surface area contributed by atoms with Gasteiger partial charge in [0.15, 0.2) is 0 Å². The Balaban J connectivity index is 2.43. The summed E-state index contributed by atoms with van der Waals surface area (Å²) >= 11 is 3.27. The zero-order chi connectivity index (χ0) is 12.2. The van der Waals surface area contributed by atoms with Gasteiger partial charge in [0.1, 0.15) is 12.4 Å². The largest absolute Gasteiger partial charge is 0.366 e. The number of carbonyl (C=O) groups excluding carboxylic acids is 1. The maximum Gasteiger partial charge on any atom is 0.251 e. The lowest BCUT2D eigenvalue weighted by Crippen LogP contribution is -2.27. The molecular weight excluding hydrogens is 272 g/mol. The molecule has 0 aromatic carbocycles. The first-order valence-corrected chi connectivity index (χ1v) is 5.71. The Labute approximate surface area is 104 Å². The van der Waals surface area contributed by atoms with Crippen LogP contribution in [0.3, 0.4) is 0 Å². The van der Waals surface area contributed by atoms with Crippen molar-refractivity contribution in [2.45, 2.75) is 26.4 Å².